The highest BCUT2D eigenvalue weighted by molar-refractivity contribution is 9.11. The van der Waals surface area contributed by atoms with Gasteiger partial charge in [-0.15, -0.1) is 0 Å². The molecule has 0 amide bonds. The van der Waals surface area contributed by atoms with Gasteiger partial charge in [-0.2, -0.15) is 13.2 Å². The zero-order valence-electron chi connectivity index (χ0n) is 14.9. The number of aliphatic imine (C=N–C) groups is 1. The molecule has 0 saturated heterocycles. The normalized spacial score (nSPS) is 11.6. The van der Waals surface area contributed by atoms with E-state index in [0.717, 1.165) is 12.1 Å². The SMILES string of the molecule is O=[N+]([O-])c1cc(C(F)(F)F)ccc1Oc1c(Br)cc(Br)cc1C=Nc1ccccc1. The minimum atomic E-state index is -4.71. The Morgan fingerprint density at radius 1 is 1.03 bits per heavy atom. The lowest BCUT2D eigenvalue weighted by atomic mass is 10.1. The summed E-state index contributed by atoms with van der Waals surface area (Å²) in [5.41, 5.74) is -0.817. The van der Waals surface area contributed by atoms with E-state index >= 15 is 0 Å². The van der Waals surface area contributed by atoms with Gasteiger partial charge in [-0.3, -0.25) is 15.1 Å². The molecule has 0 aliphatic heterocycles. The minimum absolute atomic E-state index is 0.167. The molecule has 3 aromatic carbocycles. The van der Waals surface area contributed by atoms with Crippen molar-refractivity contribution in [2.45, 2.75) is 6.18 Å². The highest BCUT2D eigenvalue weighted by atomic mass is 79.9. The molecule has 0 unspecified atom stereocenters. The number of alkyl halides is 3. The first-order chi connectivity index (χ1) is 14.1. The van der Waals surface area contributed by atoms with E-state index in [4.69, 9.17) is 4.74 Å². The molecule has 0 aliphatic carbocycles. The largest absolute Gasteiger partial charge is 0.448 e. The summed E-state index contributed by atoms with van der Waals surface area (Å²) in [6, 6.07) is 14.4. The Morgan fingerprint density at radius 3 is 2.37 bits per heavy atom. The Hall–Kier alpha value is -2.72. The van der Waals surface area contributed by atoms with Crippen LogP contribution in [-0.2, 0) is 6.18 Å². The number of hydrogen-bond acceptors (Lipinski definition) is 4. The van der Waals surface area contributed by atoms with Crippen LogP contribution in [0.25, 0.3) is 0 Å². The van der Waals surface area contributed by atoms with Crippen molar-refractivity contribution in [1.82, 2.24) is 0 Å². The molecule has 0 N–H and O–H groups in total. The molecule has 0 saturated carbocycles. The van der Waals surface area contributed by atoms with Crippen molar-refractivity contribution in [3.05, 3.63) is 90.9 Å². The third-order valence-electron chi connectivity index (χ3n) is 3.84. The van der Waals surface area contributed by atoms with Gasteiger partial charge in [0, 0.05) is 22.3 Å². The number of nitrogens with zero attached hydrogens (tertiary/aromatic N) is 2. The number of halogens is 5. The summed E-state index contributed by atoms with van der Waals surface area (Å²) in [6.45, 7) is 0. The number of benzene rings is 3. The Morgan fingerprint density at radius 2 is 1.73 bits per heavy atom. The average Bonchev–Trinajstić information content (AvgIpc) is 2.68. The molecule has 0 radical (unpaired) electrons. The molecule has 5 nitrogen and oxygen atoms in total. The molecule has 3 aromatic rings. The summed E-state index contributed by atoms with van der Waals surface area (Å²) in [5, 5.41) is 11.3. The van der Waals surface area contributed by atoms with Gasteiger partial charge in [0.2, 0.25) is 5.75 Å². The van der Waals surface area contributed by atoms with Gasteiger partial charge in [0.25, 0.3) is 0 Å². The summed E-state index contributed by atoms with van der Waals surface area (Å²) in [7, 11) is 0. The van der Waals surface area contributed by atoms with E-state index in [9.17, 15) is 23.3 Å². The highest BCUT2D eigenvalue weighted by Gasteiger charge is 2.33. The summed E-state index contributed by atoms with van der Waals surface area (Å²) in [4.78, 5) is 14.8. The Labute approximate surface area is 185 Å². The maximum Gasteiger partial charge on any atom is 0.416 e. The van der Waals surface area contributed by atoms with Gasteiger partial charge in [-0.05, 0) is 52.3 Å². The molecule has 0 bridgehead atoms. The molecule has 0 aliphatic rings. The lowest BCUT2D eigenvalue weighted by molar-refractivity contribution is -0.385. The van der Waals surface area contributed by atoms with Gasteiger partial charge in [-0.25, -0.2) is 0 Å². The van der Waals surface area contributed by atoms with E-state index in [1.807, 2.05) is 18.2 Å². The van der Waals surface area contributed by atoms with E-state index in [1.54, 1.807) is 24.3 Å². The van der Waals surface area contributed by atoms with Gasteiger partial charge < -0.3 is 4.74 Å². The van der Waals surface area contributed by atoms with Crippen LogP contribution >= 0.6 is 31.9 Å². The molecule has 3 rings (SSSR count). The second-order valence-electron chi connectivity index (χ2n) is 5.94. The molecule has 154 valence electrons. The van der Waals surface area contributed by atoms with Crippen LogP contribution in [-0.4, -0.2) is 11.1 Å². The van der Waals surface area contributed by atoms with Crippen LogP contribution in [0.5, 0.6) is 11.5 Å². The average molecular weight is 544 g/mol. The molecule has 30 heavy (non-hydrogen) atoms. The Bertz CT molecular complexity index is 1120. The van der Waals surface area contributed by atoms with Crippen LogP contribution in [0, 0.1) is 10.1 Å². The van der Waals surface area contributed by atoms with Crippen LogP contribution in [0.2, 0.25) is 0 Å². The third-order valence-corrected chi connectivity index (χ3v) is 4.89. The van der Waals surface area contributed by atoms with Gasteiger partial charge in [0.15, 0.2) is 5.75 Å². The number of ether oxygens (including phenoxy) is 1. The smallest absolute Gasteiger partial charge is 0.416 e. The standard InChI is InChI=1S/C20H11Br2F3N2O3/c21-14-8-12(11-26-15-4-2-1-3-5-15)19(16(22)10-14)30-18-7-6-13(20(23,24)25)9-17(18)27(28)29/h1-11H. The number of hydrogen-bond donors (Lipinski definition) is 0. The molecule has 0 fully saturated rings. The number of nitro groups is 1. The fourth-order valence-corrected chi connectivity index (χ4v) is 3.81. The molecular formula is C20H11Br2F3N2O3. The van der Waals surface area contributed by atoms with Crippen molar-refractivity contribution in [2.75, 3.05) is 0 Å². The maximum atomic E-state index is 12.9. The van der Waals surface area contributed by atoms with E-state index in [0.29, 0.717) is 26.3 Å². The van der Waals surface area contributed by atoms with E-state index in [2.05, 4.69) is 36.9 Å². The Balaban J connectivity index is 2.05. The van der Waals surface area contributed by atoms with Crippen molar-refractivity contribution in [2.24, 2.45) is 4.99 Å². The number of para-hydroxylation sites is 1. The van der Waals surface area contributed by atoms with Crippen molar-refractivity contribution in [1.29, 1.82) is 0 Å². The second kappa shape index (κ2) is 8.97. The first-order valence-corrected chi connectivity index (χ1v) is 9.85. The molecular weight excluding hydrogens is 533 g/mol. The lowest BCUT2D eigenvalue weighted by Crippen LogP contribution is -2.06. The van der Waals surface area contributed by atoms with E-state index < -0.39 is 22.4 Å². The predicted molar refractivity (Wildman–Crippen MR) is 114 cm³/mol. The monoisotopic (exact) mass is 542 g/mol. The van der Waals surface area contributed by atoms with Crippen molar-refractivity contribution >= 4 is 49.4 Å². The van der Waals surface area contributed by atoms with E-state index in [-0.39, 0.29) is 11.5 Å². The van der Waals surface area contributed by atoms with Crippen molar-refractivity contribution in [3.8, 4) is 11.5 Å². The zero-order chi connectivity index (χ0) is 21.9. The van der Waals surface area contributed by atoms with Gasteiger partial charge in [0.05, 0.1) is 20.6 Å². The second-order valence-corrected chi connectivity index (χ2v) is 7.71. The Kier molecular flexibility index (Phi) is 6.57. The molecule has 0 aromatic heterocycles. The van der Waals surface area contributed by atoms with Crippen LogP contribution < -0.4 is 4.74 Å². The number of nitro benzene ring substituents is 1. The van der Waals surface area contributed by atoms with Gasteiger partial charge >= 0.3 is 11.9 Å². The highest BCUT2D eigenvalue weighted by Crippen LogP contribution is 2.41. The summed E-state index contributed by atoms with van der Waals surface area (Å²) in [5.74, 6) is -0.161. The third kappa shape index (κ3) is 5.25. The maximum absolute atomic E-state index is 12.9. The minimum Gasteiger partial charge on any atom is -0.448 e. The van der Waals surface area contributed by atoms with Crippen LogP contribution in [0.1, 0.15) is 11.1 Å². The van der Waals surface area contributed by atoms with Crippen LogP contribution in [0.3, 0.4) is 0 Å². The van der Waals surface area contributed by atoms with Crippen LogP contribution in [0.4, 0.5) is 24.5 Å². The summed E-state index contributed by atoms with van der Waals surface area (Å²) >= 11 is 6.67. The van der Waals surface area contributed by atoms with Crippen LogP contribution in [0.15, 0.2) is 74.6 Å². The first kappa shape index (κ1) is 22.0. The fourth-order valence-electron chi connectivity index (χ4n) is 2.47. The zero-order valence-corrected chi connectivity index (χ0v) is 18.0. The van der Waals surface area contributed by atoms with Crippen molar-refractivity contribution in [3.63, 3.8) is 0 Å². The van der Waals surface area contributed by atoms with Gasteiger partial charge in [-0.1, -0.05) is 34.1 Å². The fraction of sp³-hybridized carbons (Fsp3) is 0.0500. The van der Waals surface area contributed by atoms with E-state index in [1.165, 1.54) is 6.21 Å². The molecule has 0 heterocycles. The van der Waals surface area contributed by atoms with Crippen molar-refractivity contribution < 1.29 is 22.8 Å². The topological polar surface area (TPSA) is 64.7 Å². The molecule has 0 spiro atoms. The molecule has 10 heteroatoms. The summed E-state index contributed by atoms with van der Waals surface area (Å²) < 4.78 is 45.6. The molecule has 0 atom stereocenters. The number of rotatable bonds is 5. The first-order valence-electron chi connectivity index (χ1n) is 8.27. The quantitative estimate of drug-likeness (QED) is 0.188. The summed E-state index contributed by atoms with van der Waals surface area (Å²) in [6.07, 6.45) is -3.22. The lowest BCUT2D eigenvalue weighted by Gasteiger charge is -2.13. The predicted octanol–water partition coefficient (Wildman–Crippen LogP) is 7.68. The van der Waals surface area contributed by atoms with Gasteiger partial charge in [0.1, 0.15) is 0 Å².